The minimum atomic E-state index is -1.78. The van der Waals surface area contributed by atoms with Crippen LogP contribution in [0.1, 0.15) is 12.8 Å². The predicted octanol–water partition coefficient (Wildman–Crippen LogP) is -9.49. The number of carbonyl (C=O) groups excluding carboxylic acids is 1. The number of carbonyl (C=O) groups is 1. The van der Waals surface area contributed by atoms with E-state index in [4.69, 9.17) is 52.4 Å². The zero-order valence-corrected chi connectivity index (χ0v) is 27.2. The molecule has 21 nitrogen and oxygen atoms in total. The lowest BCUT2D eigenvalue weighted by Crippen LogP contribution is -2.74. The fraction of sp³-hybridized carbons (Fsp3) is 0.964. The van der Waals surface area contributed by atoms with Crippen LogP contribution in [0.2, 0.25) is 0 Å². The summed E-state index contributed by atoms with van der Waals surface area (Å²) in [5, 5.41) is 91.2. The second-order valence-electron chi connectivity index (χ2n) is 13.2. The monoisotopic (exact) mass is 713 g/mol. The van der Waals surface area contributed by atoms with Gasteiger partial charge in [-0.25, -0.2) is 0 Å². The molecule has 0 aromatic carbocycles. The highest BCUT2D eigenvalue weighted by Gasteiger charge is 2.58. The smallest absolute Gasteiger partial charge is 0.249 e. The van der Waals surface area contributed by atoms with Crippen molar-refractivity contribution in [2.24, 2.45) is 34.6 Å². The van der Waals surface area contributed by atoms with Gasteiger partial charge in [0.15, 0.2) is 12.6 Å². The Balaban J connectivity index is 1.62. The standard InChI is InChI=1S/C28H55N7O14/c1-34-6-12-10(38)4-8(31)23(45-12)14-15(32)19(40)17(35-26(44)9(37)2-3-29)21(42)25(14)49-28-22(43)24(13(7-36)47-28)48-27-16(33)20(41)18(39)11(5-30)46-27/h8-25,27-28,34,36-43H,2-7,29-33H2,1H3,(H,35,44)/t8-,9+,10+,11+,12-,13?,14?,15-,16-,17-,18-,19+,20-,21+,22-,23+,24-,25+,27-,28+/m1/s1. The number of nitrogens with two attached hydrogens (primary N) is 5. The van der Waals surface area contributed by atoms with Crippen LogP contribution in [0.4, 0.5) is 0 Å². The molecule has 20 atom stereocenters. The van der Waals surface area contributed by atoms with E-state index in [1.165, 1.54) is 0 Å². The first-order valence-electron chi connectivity index (χ1n) is 16.5. The van der Waals surface area contributed by atoms with Crippen LogP contribution in [0.5, 0.6) is 0 Å². The SMILES string of the molecule is CNC[C@H]1O[C@H](C2[C@@H](N)[C@H](O)[C@@H](NC(=O)[C@@H](O)CCN)[C@H](O)[C@H]2O[C@@H]2OC(CO)[C@@H](O[C@H]3O[C@@H](CN)[C@@H](O)[C@H](O)[C@H]3N)[C@H]2O)[C@H](N)C[C@@H]1O. The van der Waals surface area contributed by atoms with E-state index < -0.39 is 135 Å². The van der Waals surface area contributed by atoms with Crippen molar-refractivity contribution in [3.63, 3.8) is 0 Å². The molecule has 0 bridgehead atoms. The zero-order valence-electron chi connectivity index (χ0n) is 27.2. The van der Waals surface area contributed by atoms with E-state index in [1.54, 1.807) is 7.05 Å². The van der Waals surface area contributed by atoms with E-state index in [0.717, 1.165) is 0 Å². The van der Waals surface area contributed by atoms with Gasteiger partial charge in [0.1, 0.15) is 48.8 Å². The summed E-state index contributed by atoms with van der Waals surface area (Å²) in [6.45, 7) is -0.717. The summed E-state index contributed by atoms with van der Waals surface area (Å²) >= 11 is 0. The molecule has 4 aliphatic rings. The Morgan fingerprint density at radius 1 is 0.837 bits per heavy atom. The van der Waals surface area contributed by atoms with E-state index >= 15 is 0 Å². The van der Waals surface area contributed by atoms with Gasteiger partial charge >= 0.3 is 0 Å². The second-order valence-corrected chi connectivity index (χ2v) is 13.2. The van der Waals surface area contributed by atoms with Crippen LogP contribution in [0.25, 0.3) is 0 Å². The highest BCUT2D eigenvalue weighted by molar-refractivity contribution is 5.80. The normalized spacial score (nSPS) is 48.3. The molecule has 1 aliphatic carbocycles. The number of aliphatic hydroxyl groups excluding tert-OH is 8. The van der Waals surface area contributed by atoms with Crippen molar-refractivity contribution in [1.82, 2.24) is 10.6 Å². The quantitative estimate of drug-likeness (QED) is 0.0842. The van der Waals surface area contributed by atoms with Crippen LogP contribution >= 0.6 is 0 Å². The number of likely N-dealkylation sites (N-methyl/N-ethyl adjacent to an activating group) is 1. The van der Waals surface area contributed by atoms with Crippen LogP contribution in [0.15, 0.2) is 0 Å². The third-order valence-corrected chi connectivity index (χ3v) is 9.86. The van der Waals surface area contributed by atoms with Crippen LogP contribution in [-0.2, 0) is 28.5 Å². The third-order valence-electron chi connectivity index (χ3n) is 9.86. The lowest BCUT2D eigenvalue weighted by molar-refractivity contribution is -0.281. The van der Waals surface area contributed by atoms with Gasteiger partial charge in [-0.15, -0.1) is 0 Å². The number of hydrogen-bond donors (Lipinski definition) is 15. The van der Waals surface area contributed by atoms with Crippen molar-refractivity contribution >= 4 is 5.91 Å². The Labute approximate surface area is 282 Å². The van der Waals surface area contributed by atoms with Gasteiger partial charge < -0.3 is 104 Å². The molecule has 1 amide bonds. The number of rotatable bonds is 13. The molecule has 4 fully saturated rings. The number of ether oxygens (including phenoxy) is 5. The lowest BCUT2D eigenvalue weighted by atomic mass is 9.70. The molecule has 0 radical (unpaired) electrons. The molecule has 2 unspecified atom stereocenters. The van der Waals surface area contributed by atoms with Gasteiger partial charge in [0, 0.05) is 31.1 Å². The molecular weight excluding hydrogens is 658 g/mol. The number of nitrogens with one attached hydrogen (secondary N) is 2. The summed E-state index contributed by atoms with van der Waals surface area (Å²) in [4.78, 5) is 12.7. The summed E-state index contributed by atoms with van der Waals surface area (Å²) in [7, 11) is 1.65. The molecule has 0 spiro atoms. The maximum Gasteiger partial charge on any atom is 0.249 e. The van der Waals surface area contributed by atoms with Crippen molar-refractivity contribution in [2.45, 2.75) is 129 Å². The van der Waals surface area contributed by atoms with Gasteiger partial charge in [0.2, 0.25) is 5.91 Å². The van der Waals surface area contributed by atoms with Crippen molar-refractivity contribution in [2.75, 3.05) is 33.3 Å². The molecule has 21 heteroatoms. The van der Waals surface area contributed by atoms with Crippen molar-refractivity contribution in [1.29, 1.82) is 0 Å². The van der Waals surface area contributed by atoms with Crippen LogP contribution < -0.4 is 39.3 Å². The van der Waals surface area contributed by atoms with E-state index in [0.29, 0.717) is 0 Å². The van der Waals surface area contributed by atoms with Gasteiger partial charge in [-0.2, -0.15) is 0 Å². The summed E-state index contributed by atoms with van der Waals surface area (Å²) in [6, 6.07) is -4.98. The van der Waals surface area contributed by atoms with Gasteiger partial charge in [0.25, 0.3) is 0 Å². The second kappa shape index (κ2) is 17.5. The minimum absolute atomic E-state index is 0.0242. The van der Waals surface area contributed by atoms with Gasteiger partial charge in [0.05, 0.1) is 49.2 Å². The number of hydrogen-bond acceptors (Lipinski definition) is 20. The minimum Gasteiger partial charge on any atom is -0.394 e. The topological polar surface area (TPSA) is 379 Å². The molecule has 20 N–H and O–H groups in total. The molecule has 0 aromatic heterocycles. The number of amides is 1. The average Bonchev–Trinajstić information content (AvgIpc) is 3.37. The molecule has 3 saturated heterocycles. The Morgan fingerprint density at radius 3 is 2.10 bits per heavy atom. The van der Waals surface area contributed by atoms with Crippen LogP contribution in [0, 0.1) is 5.92 Å². The third kappa shape index (κ3) is 8.52. The largest absolute Gasteiger partial charge is 0.394 e. The summed E-state index contributed by atoms with van der Waals surface area (Å²) in [5.41, 5.74) is 30.1. The first kappa shape index (κ1) is 40.5. The summed E-state index contributed by atoms with van der Waals surface area (Å²) in [5.74, 6) is -2.09. The van der Waals surface area contributed by atoms with E-state index in [2.05, 4.69) is 10.6 Å². The highest BCUT2D eigenvalue weighted by atomic mass is 16.7. The van der Waals surface area contributed by atoms with E-state index in [1.807, 2.05) is 0 Å². The Morgan fingerprint density at radius 2 is 1.49 bits per heavy atom. The fourth-order valence-electron chi connectivity index (χ4n) is 7.05. The Hall–Kier alpha value is -1.29. The molecule has 3 aliphatic heterocycles. The van der Waals surface area contributed by atoms with Gasteiger partial charge in [-0.1, -0.05) is 0 Å². The molecule has 286 valence electrons. The fourth-order valence-corrected chi connectivity index (χ4v) is 7.05. The van der Waals surface area contributed by atoms with Crippen molar-refractivity contribution in [3.05, 3.63) is 0 Å². The molecular formula is C28H55N7O14. The van der Waals surface area contributed by atoms with Crippen LogP contribution in [-0.4, -0.2) is 196 Å². The van der Waals surface area contributed by atoms with Crippen molar-refractivity contribution < 1.29 is 69.3 Å². The highest BCUT2D eigenvalue weighted by Crippen LogP contribution is 2.39. The summed E-state index contributed by atoms with van der Waals surface area (Å²) < 4.78 is 29.6. The Bertz CT molecular complexity index is 1060. The first-order chi connectivity index (χ1) is 23.2. The maximum absolute atomic E-state index is 12.7. The zero-order chi connectivity index (χ0) is 36.3. The maximum atomic E-state index is 12.7. The van der Waals surface area contributed by atoms with Crippen molar-refractivity contribution in [3.8, 4) is 0 Å². The molecule has 3 heterocycles. The first-order valence-corrected chi connectivity index (χ1v) is 16.5. The average molecular weight is 714 g/mol. The van der Waals surface area contributed by atoms with Gasteiger partial charge in [-0.05, 0) is 26.4 Å². The molecule has 4 rings (SSSR count). The van der Waals surface area contributed by atoms with Crippen LogP contribution in [0.3, 0.4) is 0 Å². The predicted molar refractivity (Wildman–Crippen MR) is 165 cm³/mol. The summed E-state index contributed by atoms with van der Waals surface area (Å²) in [6.07, 6.45) is -20.7. The Kier molecular flexibility index (Phi) is 14.4. The molecule has 1 saturated carbocycles. The van der Waals surface area contributed by atoms with Gasteiger partial charge in [-0.3, -0.25) is 4.79 Å². The molecule has 49 heavy (non-hydrogen) atoms. The molecule has 0 aromatic rings. The van der Waals surface area contributed by atoms with E-state index in [9.17, 15) is 45.6 Å². The number of aliphatic hydroxyl groups is 8. The van der Waals surface area contributed by atoms with E-state index in [-0.39, 0.29) is 32.5 Å². The lowest BCUT2D eigenvalue weighted by Gasteiger charge is -2.52.